The van der Waals surface area contributed by atoms with E-state index in [2.05, 4.69) is 5.48 Å². The minimum atomic E-state index is -3.89. The standard InChI is InChI=1S/C15H12ClNO3S/c16-13-6-3-7-15(10-13)21(18,19)20-17-14-8-11-4-1-2-5-12(11)9-14/h1-8,10,17H,9H2. The molecule has 0 fully saturated rings. The zero-order valence-electron chi connectivity index (χ0n) is 10.9. The third-order valence-electron chi connectivity index (χ3n) is 3.13. The van der Waals surface area contributed by atoms with Gasteiger partial charge in [0.2, 0.25) is 0 Å². The molecule has 21 heavy (non-hydrogen) atoms. The molecule has 0 aliphatic heterocycles. The summed E-state index contributed by atoms with van der Waals surface area (Å²) in [6.45, 7) is 0. The molecule has 2 aromatic rings. The minimum absolute atomic E-state index is 0.0126. The minimum Gasteiger partial charge on any atom is -0.253 e. The van der Waals surface area contributed by atoms with Gasteiger partial charge in [0.1, 0.15) is 0 Å². The van der Waals surface area contributed by atoms with Crippen LogP contribution in [0.15, 0.2) is 59.1 Å². The lowest BCUT2D eigenvalue weighted by Gasteiger charge is -2.08. The molecule has 6 heteroatoms. The molecule has 0 radical (unpaired) electrons. The van der Waals surface area contributed by atoms with E-state index in [0.717, 1.165) is 11.1 Å². The van der Waals surface area contributed by atoms with Gasteiger partial charge in [-0.05, 0) is 35.4 Å². The van der Waals surface area contributed by atoms with Crippen molar-refractivity contribution in [3.63, 3.8) is 0 Å². The molecule has 3 rings (SSSR count). The van der Waals surface area contributed by atoms with E-state index in [-0.39, 0.29) is 4.90 Å². The fourth-order valence-corrected chi connectivity index (χ4v) is 3.21. The number of fused-ring (bicyclic) bond motifs is 1. The highest BCUT2D eigenvalue weighted by molar-refractivity contribution is 7.86. The van der Waals surface area contributed by atoms with Gasteiger partial charge in [0, 0.05) is 17.1 Å². The summed E-state index contributed by atoms with van der Waals surface area (Å²) < 4.78 is 29.0. The number of halogens is 1. The van der Waals surface area contributed by atoms with E-state index >= 15 is 0 Å². The Morgan fingerprint density at radius 3 is 2.67 bits per heavy atom. The third kappa shape index (κ3) is 3.10. The molecule has 0 aromatic heterocycles. The lowest BCUT2D eigenvalue weighted by atomic mass is 10.1. The molecule has 2 aromatic carbocycles. The van der Waals surface area contributed by atoms with Crippen LogP contribution >= 0.6 is 11.6 Å². The average molecular weight is 322 g/mol. The summed E-state index contributed by atoms with van der Waals surface area (Å²) in [4.78, 5) is 0.0126. The molecule has 0 spiro atoms. The molecular weight excluding hydrogens is 310 g/mol. The van der Waals surface area contributed by atoms with Crippen LogP contribution in [0.3, 0.4) is 0 Å². The van der Waals surface area contributed by atoms with Crippen molar-refractivity contribution in [2.24, 2.45) is 0 Å². The summed E-state index contributed by atoms with van der Waals surface area (Å²) in [7, 11) is -3.89. The van der Waals surface area contributed by atoms with E-state index in [9.17, 15) is 8.42 Å². The lowest BCUT2D eigenvalue weighted by Crippen LogP contribution is -2.20. The van der Waals surface area contributed by atoms with Gasteiger partial charge in [-0.2, -0.15) is 8.42 Å². The fraction of sp³-hybridized carbons (Fsp3) is 0.0667. The molecule has 0 amide bonds. The second kappa shape index (κ2) is 5.52. The fourth-order valence-electron chi connectivity index (χ4n) is 2.12. The molecule has 0 heterocycles. The van der Waals surface area contributed by atoms with Gasteiger partial charge in [-0.15, -0.1) is 4.28 Å². The van der Waals surface area contributed by atoms with E-state index in [1.165, 1.54) is 12.1 Å². The number of allylic oxidation sites excluding steroid dienone is 1. The highest BCUT2D eigenvalue weighted by Gasteiger charge is 2.18. The molecule has 0 saturated carbocycles. The van der Waals surface area contributed by atoms with Crippen molar-refractivity contribution < 1.29 is 12.7 Å². The predicted molar refractivity (Wildman–Crippen MR) is 81.0 cm³/mol. The number of hydroxylamine groups is 1. The molecule has 0 atom stereocenters. The number of nitrogens with one attached hydrogen (secondary N) is 1. The van der Waals surface area contributed by atoms with Crippen LogP contribution in [0.25, 0.3) is 6.08 Å². The molecule has 4 nitrogen and oxygen atoms in total. The zero-order chi connectivity index (χ0) is 14.9. The van der Waals surface area contributed by atoms with Crippen molar-refractivity contribution in [2.75, 3.05) is 0 Å². The first-order valence-electron chi connectivity index (χ1n) is 6.28. The lowest BCUT2D eigenvalue weighted by molar-refractivity contribution is 0.235. The Morgan fingerprint density at radius 2 is 1.90 bits per heavy atom. The topological polar surface area (TPSA) is 55.4 Å². The van der Waals surface area contributed by atoms with Gasteiger partial charge in [0.15, 0.2) is 0 Å². The maximum atomic E-state index is 12.0. The second-order valence-corrected chi connectivity index (χ2v) is 6.62. The largest absolute Gasteiger partial charge is 0.317 e. The predicted octanol–water partition coefficient (Wildman–Crippen LogP) is 3.15. The van der Waals surface area contributed by atoms with Crippen LogP contribution < -0.4 is 5.48 Å². The highest BCUT2D eigenvalue weighted by atomic mass is 35.5. The SMILES string of the molecule is O=S(=O)(ONC1=Cc2ccccc2C1)c1cccc(Cl)c1. The van der Waals surface area contributed by atoms with Crippen LogP contribution in [-0.2, 0) is 20.8 Å². The van der Waals surface area contributed by atoms with Crippen molar-refractivity contribution in [3.05, 3.63) is 70.4 Å². The smallest absolute Gasteiger partial charge is 0.253 e. The van der Waals surface area contributed by atoms with E-state index < -0.39 is 10.1 Å². The summed E-state index contributed by atoms with van der Waals surface area (Å²) >= 11 is 5.79. The normalized spacial score (nSPS) is 13.7. The van der Waals surface area contributed by atoms with Crippen LogP contribution in [0.5, 0.6) is 0 Å². The summed E-state index contributed by atoms with van der Waals surface area (Å²) in [6.07, 6.45) is 2.48. The van der Waals surface area contributed by atoms with Crippen molar-refractivity contribution in [3.8, 4) is 0 Å². The van der Waals surface area contributed by atoms with Crippen LogP contribution in [0, 0.1) is 0 Å². The van der Waals surface area contributed by atoms with Gasteiger partial charge >= 0.3 is 10.1 Å². The van der Waals surface area contributed by atoms with E-state index in [0.29, 0.717) is 17.1 Å². The monoisotopic (exact) mass is 321 g/mol. The number of hydrogen-bond donors (Lipinski definition) is 1. The highest BCUT2D eigenvalue weighted by Crippen LogP contribution is 2.23. The van der Waals surface area contributed by atoms with Crippen LogP contribution in [0.1, 0.15) is 11.1 Å². The Balaban J connectivity index is 1.72. The molecule has 108 valence electrons. The van der Waals surface area contributed by atoms with Crippen molar-refractivity contribution in [2.45, 2.75) is 11.3 Å². The Morgan fingerprint density at radius 1 is 1.10 bits per heavy atom. The Labute approximate surface area is 128 Å². The van der Waals surface area contributed by atoms with E-state index in [4.69, 9.17) is 15.9 Å². The molecule has 1 aliphatic carbocycles. The molecule has 1 aliphatic rings. The van der Waals surface area contributed by atoms with Crippen LogP contribution in [-0.4, -0.2) is 8.42 Å². The summed E-state index contributed by atoms with van der Waals surface area (Å²) in [5, 5.41) is 0.340. The Hall–Kier alpha value is -1.82. The first kappa shape index (κ1) is 14.1. The van der Waals surface area contributed by atoms with Crippen molar-refractivity contribution >= 4 is 27.8 Å². The first-order chi connectivity index (χ1) is 10.0. The summed E-state index contributed by atoms with van der Waals surface area (Å²) in [5.41, 5.74) is 5.40. The number of rotatable bonds is 4. The van der Waals surface area contributed by atoms with E-state index in [1.807, 2.05) is 30.3 Å². The third-order valence-corrected chi connectivity index (χ3v) is 4.50. The molecule has 0 saturated heterocycles. The van der Waals surface area contributed by atoms with Crippen LogP contribution in [0.2, 0.25) is 5.02 Å². The zero-order valence-corrected chi connectivity index (χ0v) is 12.5. The molecule has 1 N–H and O–H groups in total. The Kier molecular flexibility index (Phi) is 3.71. The van der Waals surface area contributed by atoms with Crippen LogP contribution in [0.4, 0.5) is 0 Å². The maximum Gasteiger partial charge on any atom is 0.317 e. The summed E-state index contributed by atoms with van der Waals surface area (Å²) in [6, 6.07) is 13.8. The average Bonchev–Trinajstić information content (AvgIpc) is 2.88. The van der Waals surface area contributed by atoms with Gasteiger partial charge in [-0.25, -0.2) is 0 Å². The van der Waals surface area contributed by atoms with Crippen molar-refractivity contribution in [1.29, 1.82) is 0 Å². The Bertz CT molecular complexity index is 815. The molecular formula is C15H12ClNO3S. The summed E-state index contributed by atoms with van der Waals surface area (Å²) in [5.74, 6) is 0. The number of benzene rings is 2. The van der Waals surface area contributed by atoms with Gasteiger partial charge in [0.05, 0.1) is 4.90 Å². The molecule has 0 unspecified atom stereocenters. The van der Waals surface area contributed by atoms with Gasteiger partial charge in [0.25, 0.3) is 0 Å². The maximum absolute atomic E-state index is 12.0. The quantitative estimate of drug-likeness (QED) is 0.879. The van der Waals surface area contributed by atoms with E-state index in [1.54, 1.807) is 12.1 Å². The van der Waals surface area contributed by atoms with Crippen molar-refractivity contribution in [1.82, 2.24) is 5.48 Å². The van der Waals surface area contributed by atoms with Gasteiger partial charge in [-0.3, -0.25) is 5.48 Å². The first-order valence-corrected chi connectivity index (χ1v) is 8.07. The molecule has 0 bridgehead atoms. The van der Waals surface area contributed by atoms with Gasteiger partial charge in [-0.1, -0.05) is 41.9 Å². The van der Waals surface area contributed by atoms with Gasteiger partial charge < -0.3 is 0 Å². The second-order valence-electron chi connectivity index (χ2n) is 4.64. The number of hydrogen-bond acceptors (Lipinski definition) is 4.